The third kappa shape index (κ3) is 8.47. The van der Waals surface area contributed by atoms with Crippen LogP contribution in [-0.2, 0) is 26.2 Å². The van der Waals surface area contributed by atoms with Gasteiger partial charge >= 0.3 is 0 Å². The van der Waals surface area contributed by atoms with E-state index in [0.29, 0.717) is 13.0 Å². The van der Waals surface area contributed by atoms with Crippen molar-refractivity contribution in [2.75, 3.05) is 17.4 Å². The van der Waals surface area contributed by atoms with E-state index >= 15 is 0 Å². The molecule has 3 aromatic carbocycles. The summed E-state index contributed by atoms with van der Waals surface area (Å²) >= 11 is 12.7. The molecule has 1 N–H and O–H groups in total. The number of halogens is 2. The van der Waals surface area contributed by atoms with Gasteiger partial charge in [-0.2, -0.15) is 0 Å². The molecule has 0 bridgehead atoms. The van der Waals surface area contributed by atoms with Crippen LogP contribution in [0.1, 0.15) is 49.8 Å². The summed E-state index contributed by atoms with van der Waals surface area (Å²) in [4.78, 5) is 28.9. The quantitative estimate of drug-likeness (QED) is 0.221. The van der Waals surface area contributed by atoms with E-state index < -0.39 is 28.5 Å². The van der Waals surface area contributed by atoms with Crippen molar-refractivity contribution in [3.63, 3.8) is 0 Å². The van der Waals surface area contributed by atoms with Gasteiger partial charge in [0.05, 0.1) is 15.6 Å². The van der Waals surface area contributed by atoms with E-state index in [1.54, 1.807) is 18.2 Å². The number of aryl methyl sites for hydroxylation is 2. The molecule has 2 amide bonds. The predicted molar refractivity (Wildman–Crippen MR) is 166 cm³/mol. The highest BCUT2D eigenvalue weighted by Gasteiger charge is 2.34. The van der Waals surface area contributed by atoms with E-state index in [4.69, 9.17) is 23.2 Å². The zero-order valence-corrected chi connectivity index (χ0v) is 26.2. The highest BCUT2D eigenvalue weighted by molar-refractivity contribution is 7.92. The number of nitrogens with zero attached hydrogens (tertiary/aromatic N) is 2. The molecule has 220 valence electrons. The van der Waals surface area contributed by atoms with Crippen molar-refractivity contribution in [2.24, 2.45) is 0 Å². The molecule has 0 saturated carbocycles. The van der Waals surface area contributed by atoms with Crippen molar-refractivity contribution in [3.8, 4) is 0 Å². The normalized spacial score (nSPS) is 12.0. The van der Waals surface area contributed by atoms with Crippen LogP contribution in [0.4, 0.5) is 5.69 Å². The molecule has 3 rings (SSSR count). The number of nitrogens with one attached hydrogen (secondary N) is 1. The lowest BCUT2D eigenvalue weighted by molar-refractivity contribution is -0.140. The van der Waals surface area contributed by atoms with E-state index in [2.05, 4.69) is 5.32 Å². The SMILES string of the molecule is CCCCNC(=O)C(CC)N(Cc1cccc(C)c1)C(=O)CN(c1cc(Cl)ccc1Cl)S(=O)(=O)c1ccc(C)cc1. The van der Waals surface area contributed by atoms with Gasteiger partial charge in [-0.15, -0.1) is 0 Å². The third-order valence-electron chi connectivity index (χ3n) is 6.72. The maximum absolute atomic E-state index is 14.1. The summed E-state index contributed by atoms with van der Waals surface area (Å²) in [7, 11) is -4.25. The highest BCUT2D eigenvalue weighted by Crippen LogP contribution is 2.33. The zero-order chi connectivity index (χ0) is 30.2. The van der Waals surface area contributed by atoms with Crippen LogP contribution in [0, 0.1) is 13.8 Å². The topological polar surface area (TPSA) is 86.8 Å². The molecule has 1 unspecified atom stereocenters. The number of carbonyl (C=O) groups is 2. The van der Waals surface area contributed by atoms with Gasteiger partial charge in [0.15, 0.2) is 0 Å². The molecule has 0 aliphatic carbocycles. The van der Waals surface area contributed by atoms with E-state index in [9.17, 15) is 18.0 Å². The molecule has 0 radical (unpaired) electrons. The number of carbonyl (C=O) groups excluding carboxylic acids is 2. The number of anilines is 1. The smallest absolute Gasteiger partial charge is 0.264 e. The number of amides is 2. The molecule has 1 atom stereocenters. The summed E-state index contributed by atoms with van der Waals surface area (Å²) in [6, 6.07) is 17.6. The van der Waals surface area contributed by atoms with Crippen LogP contribution < -0.4 is 9.62 Å². The molecule has 41 heavy (non-hydrogen) atoms. The molecule has 0 aliphatic heterocycles. The lowest BCUT2D eigenvalue weighted by Gasteiger charge is -2.33. The second-order valence-electron chi connectivity index (χ2n) is 10.00. The van der Waals surface area contributed by atoms with Crippen LogP contribution in [0.3, 0.4) is 0 Å². The van der Waals surface area contributed by atoms with Gasteiger partial charge in [-0.3, -0.25) is 13.9 Å². The van der Waals surface area contributed by atoms with Crippen LogP contribution in [0.2, 0.25) is 10.0 Å². The first-order chi connectivity index (χ1) is 19.5. The molecule has 0 fully saturated rings. The summed E-state index contributed by atoms with van der Waals surface area (Å²) in [5, 5.41) is 3.31. The van der Waals surface area contributed by atoms with Crippen molar-refractivity contribution in [3.05, 3.63) is 93.5 Å². The van der Waals surface area contributed by atoms with Gasteiger partial charge in [0, 0.05) is 18.1 Å². The fraction of sp³-hybridized carbons (Fsp3) is 0.355. The number of hydrogen-bond donors (Lipinski definition) is 1. The molecule has 0 spiro atoms. The molecule has 7 nitrogen and oxygen atoms in total. The van der Waals surface area contributed by atoms with Crippen molar-refractivity contribution >= 4 is 50.7 Å². The lowest BCUT2D eigenvalue weighted by atomic mass is 10.1. The van der Waals surface area contributed by atoms with E-state index in [1.165, 1.54) is 29.2 Å². The van der Waals surface area contributed by atoms with Gasteiger partial charge in [0.1, 0.15) is 12.6 Å². The average Bonchev–Trinajstić information content (AvgIpc) is 2.93. The maximum atomic E-state index is 14.1. The minimum atomic E-state index is -4.25. The Balaban J connectivity index is 2.08. The Morgan fingerprint density at radius 3 is 2.27 bits per heavy atom. The van der Waals surface area contributed by atoms with Gasteiger partial charge in [-0.25, -0.2) is 8.42 Å². The van der Waals surface area contributed by atoms with Gasteiger partial charge in [0.25, 0.3) is 10.0 Å². The van der Waals surface area contributed by atoms with Crippen molar-refractivity contribution < 1.29 is 18.0 Å². The molecular weight excluding hydrogens is 581 g/mol. The zero-order valence-electron chi connectivity index (χ0n) is 23.9. The molecule has 0 aromatic heterocycles. The maximum Gasteiger partial charge on any atom is 0.264 e. The first-order valence-corrected chi connectivity index (χ1v) is 15.8. The molecule has 0 heterocycles. The van der Waals surface area contributed by atoms with Gasteiger partial charge in [0.2, 0.25) is 11.8 Å². The van der Waals surface area contributed by atoms with E-state index in [-0.39, 0.29) is 33.1 Å². The Kier molecular flexibility index (Phi) is 11.6. The number of unbranched alkanes of at least 4 members (excludes halogenated alkanes) is 1. The summed E-state index contributed by atoms with van der Waals surface area (Å²) < 4.78 is 29.0. The largest absolute Gasteiger partial charge is 0.354 e. The van der Waals surface area contributed by atoms with Crippen molar-refractivity contribution in [2.45, 2.75) is 64.4 Å². The number of hydrogen-bond acceptors (Lipinski definition) is 4. The van der Waals surface area contributed by atoms with Crippen LogP contribution in [0.5, 0.6) is 0 Å². The highest BCUT2D eigenvalue weighted by atomic mass is 35.5. The minimum absolute atomic E-state index is 0.00141. The van der Waals surface area contributed by atoms with Crippen molar-refractivity contribution in [1.82, 2.24) is 10.2 Å². The molecule has 0 saturated heterocycles. The average molecular weight is 619 g/mol. The van der Waals surface area contributed by atoms with Gasteiger partial charge in [-0.1, -0.05) is 91.0 Å². The first-order valence-electron chi connectivity index (χ1n) is 13.6. The summed E-state index contributed by atoms with van der Waals surface area (Å²) in [5.74, 6) is -0.827. The number of sulfonamides is 1. The van der Waals surface area contributed by atoms with Crippen LogP contribution >= 0.6 is 23.2 Å². The molecule has 3 aromatic rings. The summed E-state index contributed by atoms with van der Waals surface area (Å²) in [6.45, 7) is 7.69. The van der Waals surface area contributed by atoms with Crippen LogP contribution in [-0.4, -0.2) is 44.3 Å². The standard InChI is InChI=1S/C31H37Cl2N3O4S/c1-5-7-17-34-31(38)28(6-2)35(20-24-10-8-9-23(4)18-24)30(37)21-36(29-19-25(32)13-16-27(29)33)41(39,40)26-14-11-22(3)12-15-26/h8-16,18-19,28H,5-7,17,20-21H2,1-4H3,(H,34,38). The fourth-order valence-electron chi connectivity index (χ4n) is 4.46. The summed E-state index contributed by atoms with van der Waals surface area (Å²) in [6.07, 6.45) is 2.07. The minimum Gasteiger partial charge on any atom is -0.354 e. The Labute approximate surface area is 253 Å². The lowest BCUT2D eigenvalue weighted by Crippen LogP contribution is -2.52. The molecule has 10 heteroatoms. The van der Waals surface area contributed by atoms with Crippen LogP contribution in [0.15, 0.2) is 71.6 Å². The second kappa shape index (κ2) is 14.7. The number of benzene rings is 3. The monoisotopic (exact) mass is 617 g/mol. The van der Waals surface area contributed by atoms with E-state index in [1.807, 2.05) is 52.0 Å². The Bertz CT molecular complexity index is 1460. The second-order valence-corrected chi connectivity index (χ2v) is 12.7. The summed E-state index contributed by atoms with van der Waals surface area (Å²) in [5.41, 5.74) is 2.79. The number of rotatable bonds is 13. The predicted octanol–water partition coefficient (Wildman–Crippen LogP) is 6.53. The third-order valence-corrected chi connectivity index (χ3v) is 9.04. The molecular formula is C31H37Cl2N3O4S. The fourth-order valence-corrected chi connectivity index (χ4v) is 6.32. The Morgan fingerprint density at radius 1 is 0.927 bits per heavy atom. The first kappa shape index (κ1) is 32.4. The van der Waals surface area contributed by atoms with Crippen molar-refractivity contribution in [1.29, 1.82) is 0 Å². The van der Waals surface area contributed by atoms with Crippen LogP contribution in [0.25, 0.3) is 0 Å². The Morgan fingerprint density at radius 2 is 1.63 bits per heavy atom. The Hall–Kier alpha value is -3.07. The van der Waals surface area contributed by atoms with Gasteiger partial charge < -0.3 is 10.2 Å². The molecule has 0 aliphatic rings. The van der Waals surface area contributed by atoms with Gasteiger partial charge in [-0.05, 0) is 62.6 Å². The van der Waals surface area contributed by atoms with E-state index in [0.717, 1.165) is 33.8 Å².